The average molecular weight is 397 g/mol. The number of hydrogen-bond donors (Lipinski definition) is 1. The fourth-order valence-corrected chi connectivity index (χ4v) is 4.41. The summed E-state index contributed by atoms with van der Waals surface area (Å²) in [5, 5.41) is 3.34. The fraction of sp³-hybridized carbons (Fsp3) is 0.455. The Labute approximate surface area is 169 Å². The molecule has 1 N–H and O–H groups in total. The Hall–Kier alpha value is -2.67. The van der Waals surface area contributed by atoms with E-state index in [0.29, 0.717) is 35.7 Å². The third-order valence-electron chi connectivity index (χ3n) is 6.18. The van der Waals surface area contributed by atoms with Crippen molar-refractivity contribution in [2.24, 2.45) is 11.8 Å². The van der Waals surface area contributed by atoms with Gasteiger partial charge in [-0.25, -0.2) is 14.2 Å². The Morgan fingerprint density at radius 2 is 1.97 bits per heavy atom. The highest BCUT2D eigenvalue weighted by Gasteiger charge is 2.55. The van der Waals surface area contributed by atoms with Gasteiger partial charge in [-0.05, 0) is 44.0 Å². The summed E-state index contributed by atoms with van der Waals surface area (Å²) in [4.78, 5) is 18.9. The van der Waals surface area contributed by atoms with Gasteiger partial charge in [-0.1, -0.05) is 0 Å². The van der Waals surface area contributed by atoms with E-state index in [0.717, 1.165) is 31.5 Å². The predicted octanol–water partition coefficient (Wildman–Crippen LogP) is 3.47. The molecule has 4 atom stereocenters. The molecule has 2 aromatic rings. The van der Waals surface area contributed by atoms with Crippen LogP contribution in [0.15, 0.2) is 36.4 Å². The third kappa shape index (κ3) is 3.67. The molecule has 5 rings (SSSR count). The molecule has 1 aromatic heterocycles. The lowest BCUT2D eigenvalue weighted by atomic mass is 10.1. The highest BCUT2D eigenvalue weighted by molar-refractivity contribution is 5.72. The molecule has 1 saturated carbocycles. The van der Waals surface area contributed by atoms with E-state index in [-0.39, 0.29) is 24.1 Å². The van der Waals surface area contributed by atoms with Crippen molar-refractivity contribution in [1.82, 2.24) is 15.2 Å². The minimum atomic E-state index is -0.357. The van der Waals surface area contributed by atoms with E-state index in [1.807, 2.05) is 6.92 Å². The second-order valence-corrected chi connectivity index (χ2v) is 8.15. The van der Waals surface area contributed by atoms with Crippen LogP contribution in [0.5, 0.6) is 11.6 Å². The van der Waals surface area contributed by atoms with Gasteiger partial charge in [-0.15, -0.1) is 0 Å². The summed E-state index contributed by atoms with van der Waals surface area (Å²) >= 11 is 0. The maximum absolute atomic E-state index is 13.3. The molecule has 0 spiro atoms. The van der Waals surface area contributed by atoms with E-state index >= 15 is 0 Å². The molecule has 152 valence electrons. The Bertz CT molecular complexity index is 910. The summed E-state index contributed by atoms with van der Waals surface area (Å²) in [7, 11) is 0. The summed E-state index contributed by atoms with van der Waals surface area (Å²) in [6.45, 7) is 4.65. The molecule has 0 radical (unpaired) electrons. The van der Waals surface area contributed by atoms with E-state index < -0.39 is 0 Å². The molecule has 2 unspecified atom stereocenters. The van der Waals surface area contributed by atoms with Crippen LogP contribution in [0.2, 0.25) is 0 Å². The number of benzene rings is 1. The number of nitrogens with one attached hydrogen (secondary N) is 1. The van der Waals surface area contributed by atoms with Gasteiger partial charge in [0.2, 0.25) is 5.88 Å². The van der Waals surface area contributed by atoms with Crippen molar-refractivity contribution in [2.75, 3.05) is 19.6 Å². The van der Waals surface area contributed by atoms with Gasteiger partial charge in [0.05, 0.1) is 5.69 Å². The normalized spacial score (nSPS) is 27.6. The van der Waals surface area contributed by atoms with Crippen LogP contribution in [0, 0.1) is 17.7 Å². The summed E-state index contributed by atoms with van der Waals surface area (Å²) in [5.74, 6) is 1.55. The van der Waals surface area contributed by atoms with E-state index in [2.05, 4.69) is 10.3 Å². The van der Waals surface area contributed by atoms with Crippen LogP contribution in [0.1, 0.15) is 19.8 Å². The molecule has 29 heavy (non-hydrogen) atoms. The number of ether oxygens (including phenoxy) is 2. The van der Waals surface area contributed by atoms with Crippen molar-refractivity contribution in [3.05, 3.63) is 42.2 Å². The molecule has 3 fully saturated rings. The molecule has 0 bridgehead atoms. The number of piperidine rings is 1. The molecule has 1 aliphatic carbocycles. The van der Waals surface area contributed by atoms with Gasteiger partial charge in [0.15, 0.2) is 0 Å². The van der Waals surface area contributed by atoms with Crippen LogP contribution in [0.25, 0.3) is 11.3 Å². The first-order valence-corrected chi connectivity index (χ1v) is 10.2. The Morgan fingerprint density at radius 3 is 2.66 bits per heavy atom. The zero-order valence-electron chi connectivity index (χ0n) is 16.3. The van der Waals surface area contributed by atoms with E-state index in [9.17, 15) is 9.18 Å². The number of pyridine rings is 1. The first-order valence-electron chi connectivity index (χ1n) is 10.2. The van der Waals surface area contributed by atoms with Gasteiger partial charge in [0, 0.05) is 55.2 Å². The number of rotatable bonds is 4. The maximum atomic E-state index is 13.3. The van der Waals surface area contributed by atoms with Gasteiger partial charge in [-0.3, -0.25) is 0 Å². The minimum Gasteiger partial charge on any atom is -0.474 e. The summed E-state index contributed by atoms with van der Waals surface area (Å²) in [6, 6.07) is 9.64. The van der Waals surface area contributed by atoms with Crippen LogP contribution in [0.3, 0.4) is 0 Å². The third-order valence-corrected chi connectivity index (χ3v) is 6.18. The number of carbonyl (C=O) groups excluding carboxylic acids is 1. The lowest BCUT2D eigenvalue weighted by Crippen LogP contribution is -2.35. The largest absolute Gasteiger partial charge is 0.474 e. The van der Waals surface area contributed by atoms with Crippen LogP contribution < -0.4 is 14.8 Å². The van der Waals surface area contributed by atoms with Gasteiger partial charge in [0.1, 0.15) is 17.7 Å². The lowest BCUT2D eigenvalue weighted by molar-refractivity contribution is 0.150. The topological polar surface area (TPSA) is 63.7 Å². The number of nitrogens with zero attached hydrogens (tertiary/aromatic N) is 2. The molecule has 3 heterocycles. The van der Waals surface area contributed by atoms with Crippen LogP contribution >= 0.6 is 0 Å². The zero-order valence-corrected chi connectivity index (χ0v) is 16.3. The molecule has 6 nitrogen and oxygen atoms in total. The van der Waals surface area contributed by atoms with Crippen molar-refractivity contribution >= 4 is 6.09 Å². The molecule has 3 aliphatic rings. The highest BCUT2D eigenvalue weighted by atomic mass is 19.1. The first-order chi connectivity index (χ1) is 14.1. The van der Waals surface area contributed by atoms with E-state index in [4.69, 9.17) is 9.47 Å². The Morgan fingerprint density at radius 1 is 1.21 bits per heavy atom. The predicted molar refractivity (Wildman–Crippen MR) is 105 cm³/mol. The number of halogens is 1. The molecule has 2 aliphatic heterocycles. The number of aromatic nitrogens is 1. The van der Waals surface area contributed by atoms with Gasteiger partial charge in [0.25, 0.3) is 0 Å². The van der Waals surface area contributed by atoms with Gasteiger partial charge < -0.3 is 19.7 Å². The average Bonchev–Trinajstić information content (AvgIpc) is 3.07. The summed E-state index contributed by atoms with van der Waals surface area (Å²) in [6.07, 6.45) is 1.76. The van der Waals surface area contributed by atoms with Crippen molar-refractivity contribution < 1.29 is 18.7 Å². The van der Waals surface area contributed by atoms with Crippen molar-refractivity contribution in [2.45, 2.75) is 31.9 Å². The van der Waals surface area contributed by atoms with E-state index in [1.54, 1.807) is 29.2 Å². The van der Waals surface area contributed by atoms with E-state index in [1.165, 1.54) is 12.1 Å². The van der Waals surface area contributed by atoms with Crippen molar-refractivity contribution in [3.8, 4) is 22.9 Å². The SMILES string of the molecule is CC1CCCN1C(=O)Oc1cc(OC2[C@H]3CNC[C@@H]23)nc(-c2ccc(F)cc2)c1. The molecule has 1 aromatic carbocycles. The van der Waals surface area contributed by atoms with Crippen LogP contribution in [-0.4, -0.2) is 47.8 Å². The first kappa shape index (κ1) is 18.4. The maximum Gasteiger partial charge on any atom is 0.415 e. The fourth-order valence-electron chi connectivity index (χ4n) is 4.41. The quantitative estimate of drug-likeness (QED) is 0.856. The number of fused-ring (bicyclic) bond motifs is 1. The molecule has 2 saturated heterocycles. The van der Waals surface area contributed by atoms with Crippen LogP contribution in [-0.2, 0) is 0 Å². The van der Waals surface area contributed by atoms with Crippen LogP contribution in [0.4, 0.5) is 9.18 Å². The molecular formula is C22H24FN3O3. The molecule has 7 heteroatoms. The summed E-state index contributed by atoms with van der Waals surface area (Å²) < 4.78 is 25.1. The standard InChI is InChI=1S/C22H24FN3O3/c1-13-3-2-8-26(13)22(27)28-16-9-19(14-4-6-15(23)7-5-14)25-20(10-16)29-21-17-11-24-12-18(17)21/h4-7,9-10,13,17-18,21,24H,2-3,8,11-12H2,1H3/t13?,17-,18+,21?. The minimum absolute atomic E-state index is 0.148. The zero-order chi connectivity index (χ0) is 20.0. The second kappa shape index (κ2) is 7.30. The number of amides is 1. The van der Waals surface area contributed by atoms with Gasteiger partial charge >= 0.3 is 6.09 Å². The molecule has 1 amide bonds. The summed E-state index contributed by atoms with van der Waals surface area (Å²) in [5.41, 5.74) is 1.32. The Balaban J connectivity index is 1.41. The Kier molecular flexibility index (Phi) is 4.62. The number of hydrogen-bond acceptors (Lipinski definition) is 5. The number of carbonyl (C=O) groups is 1. The number of likely N-dealkylation sites (tertiary alicyclic amines) is 1. The smallest absolute Gasteiger partial charge is 0.415 e. The lowest BCUT2D eigenvalue weighted by Gasteiger charge is -2.21. The second-order valence-electron chi connectivity index (χ2n) is 8.15. The van der Waals surface area contributed by atoms with Crippen molar-refractivity contribution in [3.63, 3.8) is 0 Å². The van der Waals surface area contributed by atoms with Crippen molar-refractivity contribution in [1.29, 1.82) is 0 Å². The monoisotopic (exact) mass is 397 g/mol. The van der Waals surface area contributed by atoms with Gasteiger partial charge in [-0.2, -0.15) is 0 Å². The molecular weight excluding hydrogens is 373 g/mol. The highest BCUT2D eigenvalue weighted by Crippen LogP contribution is 2.44.